The van der Waals surface area contributed by atoms with Gasteiger partial charge in [-0.1, -0.05) is 0 Å². The van der Waals surface area contributed by atoms with Gasteiger partial charge in [0.15, 0.2) is 0 Å². The number of nitrogens with zero attached hydrogens (tertiary/aromatic N) is 2. The van der Waals surface area contributed by atoms with Crippen LogP contribution in [0.1, 0.15) is 12.7 Å². The third-order valence-corrected chi connectivity index (χ3v) is 3.40. The number of halogens is 2. The van der Waals surface area contributed by atoms with E-state index >= 15 is 0 Å². The Hall–Kier alpha value is -1.11. The van der Waals surface area contributed by atoms with Gasteiger partial charge in [-0.05, 0) is 47.7 Å². The van der Waals surface area contributed by atoms with Crippen LogP contribution in [0.5, 0.6) is 0 Å². The number of imidazole rings is 1. The van der Waals surface area contributed by atoms with Crippen LogP contribution in [0.3, 0.4) is 0 Å². The SMILES string of the molecule is CCn1ccnc1CNc1ccc(F)cc1I. The van der Waals surface area contributed by atoms with Crippen LogP contribution in [0.25, 0.3) is 0 Å². The molecule has 2 aromatic rings. The zero-order valence-corrected chi connectivity index (χ0v) is 11.6. The van der Waals surface area contributed by atoms with Crippen molar-refractivity contribution in [2.75, 3.05) is 5.32 Å². The number of aryl methyl sites for hydroxylation is 1. The average Bonchev–Trinajstić information content (AvgIpc) is 2.75. The van der Waals surface area contributed by atoms with Crippen LogP contribution in [-0.4, -0.2) is 9.55 Å². The smallest absolute Gasteiger partial charge is 0.128 e. The van der Waals surface area contributed by atoms with Crippen molar-refractivity contribution in [2.45, 2.75) is 20.0 Å². The molecule has 0 saturated heterocycles. The number of nitrogens with one attached hydrogen (secondary N) is 1. The van der Waals surface area contributed by atoms with Gasteiger partial charge in [0.1, 0.15) is 11.6 Å². The number of rotatable bonds is 4. The Bertz CT molecular complexity index is 510. The van der Waals surface area contributed by atoms with Gasteiger partial charge >= 0.3 is 0 Å². The van der Waals surface area contributed by atoms with E-state index in [0.29, 0.717) is 6.54 Å². The molecule has 1 aromatic heterocycles. The minimum Gasteiger partial charge on any atom is -0.377 e. The van der Waals surface area contributed by atoms with E-state index in [4.69, 9.17) is 0 Å². The van der Waals surface area contributed by atoms with Crippen molar-refractivity contribution in [2.24, 2.45) is 0 Å². The maximum absolute atomic E-state index is 12.9. The molecule has 5 heteroatoms. The summed E-state index contributed by atoms with van der Waals surface area (Å²) in [6, 6.07) is 4.71. The van der Waals surface area contributed by atoms with Crippen molar-refractivity contribution >= 4 is 28.3 Å². The normalized spacial score (nSPS) is 10.5. The van der Waals surface area contributed by atoms with Crippen LogP contribution in [0.4, 0.5) is 10.1 Å². The van der Waals surface area contributed by atoms with Gasteiger partial charge in [0.2, 0.25) is 0 Å². The van der Waals surface area contributed by atoms with Gasteiger partial charge in [0, 0.05) is 28.2 Å². The van der Waals surface area contributed by atoms with Gasteiger partial charge in [-0.15, -0.1) is 0 Å². The highest BCUT2D eigenvalue weighted by atomic mass is 127. The molecule has 2 rings (SSSR count). The van der Waals surface area contributed by atoms with E-state index < -0.39 is 0 Å². The lowest BCUT2D eigenvalue weighted by Gasteiger charge is -2.09. The van der Waals surface area contributed by atoms with Crippen molar-refractivity contribution in [3.05, 3.63) is 45.8 Å². The Morgan fingerprint density at radius 1 is 1.47 bits per heavy atom. The van der Waals surface area contributed by atoms with Gasteiger partial charge in [-0.2, -0.15) is 0 Å². The molecule has 1 heterocycles. The quantitative estimate of drug-likeness (QED) is 0.863. The number of benzene rings is 1. The molecule has 0 fully saturated rings. The van der Waals surface area contributed by atoms with Crippen molar-refractivity contribution in [1.29, 1.82) is 0 Å². The fourth-order valence-electron chi connectivity index (χ4n) is 1.60. The van der Waals surface area contributed by atoms with Gasteiger partial charge < -0.3 is 9.88 Å². The van der Waals surface area contributed by atoms with Gasteiger partial charge in [0.05, 0.1) is 6.54 Å². The maximum Gasteiger partial charge on any atom is 0.128 e. The zero-order valence-electron chi connectivity index (χ0n) is 9.45. The zero-order chi connectivity index (χ0) is 12.3. The summed E-state index contributed by atoms with van der Waals surface area (Å²) in [5, 5.41) is 3.26. The van der Waals surface area contributed by atoms with Crippen molar-refractivity contribution in [3.63, 3.8) is 0 Å². The monoisotopic (exact) mass is 345 g/mol. The molecular formula is C12H13FIN3. The van der Waals surface area contributed by atoms with Crippen LogP contribution in [0.2, 0.25) is 0 Å². The molecule has 0 aliphatic carbocycles. The van der Waals surface area contributed by atoms with E-state index in [2.05, 4.69) is 44.4 Å². The van der Waals surface area contributed by atoms with Crippen LogP contribution < -0.4 is 5.32 Å². The fourth-order valence-corrected chi connectivity index (χ4v) is 2.27. The summed E-state index contributed by atoms with van der Waals surface area (Å²) in [7, 11) is 0. The van der Waals surface area contributed by atoms with E-state index in [9.17, 15) is 4.39 Å². The van der Waals surface area contributed by atoms with E-state index in [0.717, 1.165) is 21.6 Å². The van der Waals surface area contributed by atoms with Crippen molar-refractivity contribution in [1.82, 2.24) is 9.55 Å². The molecule has 0 unspecified atom stereocenters. The third-order valence-electron chi connectivity index (χ3n) is 2.51. The molecular weight excluding hydrogens is 332 g/mol. The first-order valence-corrected chi connectivity index (χ1v) is 6.47. The van der Waals surface area contributed by atoms with E-state index in [1.165, 1.54) is 12.1 Å². The minimum absolute atomic E-state index is 0.213. The first-order valence-electron chi connectivity index (χ1n) is 5.39. The highest BCUT2D eigenvalue weighted by molar-refractivity contribution is 14.1. The van der Waals surface area contributed by atoms with E-state index in [-0.39, 0.29) is 5.82 Å². The molecule has 0 atom stereocenters. The summed E-state index contributed by atoms with van der Waals surface area (Å²) in [6.45, 7) is 3.62. The third kappa shape index (κ3) is 2.96. The summed E-state index contributed by atoms with van der Waals surface area (Å²) in [6.07, 6.45) is 3.74. The molecule has 90 valence electrons. The highest BCUT2D eigenvalue weighted by Crippen LogP contribution is 2.19. The Morgan fingerprint density at radius 3 is 3.00 bits per heavy atom. The Morgan fingerprint density at radius 2 is 2.29 bits per heavy atom. The highest BCUT2D eigenvalue weighted by Gasteiger charge is 2.04. The predicted octanol–water partition coefficient (Wildman–Crippen LogP) is 3.26. The van der Waals surface area contributed by atoms with Crippen molar-refractivity contribution < 1.29 is 4.39 Å². The molecule has 0 amide bonds. The van der Waals surface area contributed by atoms with Crippen LogP contribution in [-0.2, 0) is 13.1 Å². The summed E-state index contributed by atoms with van der Waals surface area (Å²) in [5.74, 6) is 0.766. The Kier molecular flexibility index (Phi) is 3.98. The first kappa shape index (κ1) is 12.3. The lowest BCUT2D eigenvalue weighted by Crippen LogP contribution is -2.08. The second-order valence-corrected chi connectivity index (χ2v) is 4.77. The second-order valence-electron chi connectivity index (χ2n) is 3.61. The predicted molar refractivity (Wildman–Crippen MR) is 74.3 cm³/mol. The topological polar surface area (TPSA) is 29.9 Å². The van der Waals surface area contributed by atoms with Gasteiger partial charge in [0.25, 0.3) is 0 Å². The maximum atomic E-state index is 12.9. The first-order chi connectivity index (χ1) is 8.20. The van der Waals surface area contributed by atoms with E-state index in [1.807, 2.05) is 6.20 Å². The summed E-state index contributed by atoms with van der Waals surface area (Å²) in [4.78, 5) is 4.27. The molecule has 0 saturated carbocycles. The molecule has 0 aliphatic heterocycles. The van der Waals surface area contributed by atoms with Gasteiger partial charge in [-0.25, -0.2) is 9.37 Å². The average molecular weight is 345 g/mol. The fraction of sp³-hybridized carbons (Fsp3) is 0.250. The molecule has 0 spiro atoms. The molecule has 0 bridgehead atoms. The molecule has 1 N–H and O–H groups in total. The molecule has 17 heavy (non-hydrogen) atoms. The number of hydrogen-bond acceptors (Lipinski definition) is 2. The Balaban J connectivity index is 2.07. The second kappa shape index (κ2) is 5.48. The van der Waals surface area contributed by atoms with Crippen LogP contribution in [0.15, 0.2) is 30.6 Å². The largest absolute Gasteiger partial charge is 0.377 e. The van der Waals surface area contributed by atoms with E-state index in [1.54, 1.807) is 12.3 Å². The van der Waals surface area contributed by atoms with Crippen LogP contribution in [0, 0.1) is 9.39 Å². The standard InChI is InChI=1S/C12H13FIN3/c1-2-17-6-5-15-12(17)8-16-11-4-3-9(13)7-10(11)14/h3-7,16H,2,8H2,1H3. The lowest BCUT2D eigenvalue weighted by atomic mass is 10.3. The Labute approximate surface area is 113 Å². The number of anilines is 1. The summed E-state index contributed by atoms with van der Waals surface area (Å²) in [5.41, 5.74) is 0.928. The summed E-state index contributed by atoms with van der Waals surface area (Å²) >= 11 is 2.12. The molecule has 0 radical (unpaired) electrons. The minimum atomic E-state index is -0.213. The number of hydrogen-bond donors (Lipinski definition) is 1. The summed E-state index contributed by atoms with van der Waals surface area (Å²) < 4.78 is 15.9. The van der Waals surface area contributed by atoms with Crippen LogP contribution >= 0.6 is 22.6 Å². The lowest BCUT2D eigenvalue weighted by molar-refractivity contribution is 0.627. The molecule has 3 nitrogen and oxygen atoms in total. The molecule has 0 aliphatic rings. The van der Waals surface area contributed by atoms with Crippen molar-refractivity contribution in [3.8, 4) is 0 Å². The number of aromatic nitrogens is 2. The van der Waals surface area contributed by atoms with Gasteiger partial charge in [-0.3, -0.25) is 0 Å². The molecule has 1 aromatic carbocycles.